The maximum atomic E-state index is 12.6. The van der Waals surface area contributed by atoms with Gasteiger partial charge in [-0.25, -0.2) is 14.8 Å². The van der Waals surface area contributed by atoms with Crippen LogP contribution in [0, 0.1) is 0 Å². The highest BCUT2D eigenvalue weighted by Crippen LogP contribution is 2.36. The van der Waals surface area contributed by atoms with E-state index >= 15 is 0 Å². The number of nitrogens with one attached hydrogen (secondary N) is 3. The first-order chi connectivity index (χ1) is 15.4. The molecule has 0 unspecified atom stereocenters. The Kier molecular flexibility index (Phi) is 6.52. The van der Waals surface area contributed by atoms with Crippen molar-refractivity contribution < 1.29 is 14.3 Å². The van der Waals surface area contributed by atoms with E-state index in [1.165, 1.54) is 18.7 Å². The van der Waals surface area contributed by atoms with Gasteiger partial charge in [0.15, 0.2) is 5.75 Å². The second kappa shape index (κ2) is 9.49. The number of benzene rings is 1. The van der Waals surface area contributed by atoms with Crippen LogP contribution in [0.3, 0.4) is 0 Å². The summed E-state index contributed by atoms with van der Waals surface area (Å²) in [7, 11) is 0. The van der Waals surface area contributed by atoms with Crippen molar-refractivity contribution in [2.75, 3.05) is 5.32 Å². The zero-order valence-corrected chi connectivity index (χ0v) is 19.0. The number of nitrogens with zero attached hydrogens (tertiary/aromatic N) is 3. The fourth-order valence-corrected chi connectivity index (χ4v) is 3.67. The molecule has 3 N–H and O–H groups in total. The van der Waals surface area contributed by atoms with E-state index < -0.39 is 11.6 Å². The van der Waals surface area contributed by atoms with Crippen LogP contribution in [0.5, 0.6) is 5.75 Å². The van der Waals surface area contributed by atoms with Crippen molar-refractivity contribution in [1.82, 2.24) is 25.6 Å². The van der Waals surface area contributed by atoms with Crippen molar-refractivity contribution in [2.24, 2.45) is 0 Å². The van der Waals surface area contributed by atoms with Gasteiger partial charge in [0.1, 0.15) is 11.9 Å². The molecule has 2 heterocycles. The van der Waals surface area contributed by atoms with Crippen molar-refractivity contribution in [3.05, 3.63) is 70.4 Å². The van der Waals surface area contributed by atoms with Crippen molar-refractivity contribution in [1.29, 1.82) is 0 Å². The number of rotatable bonds is 7. The summed E-state index contributed by atoms with van der Waals surface area (Å²) in [5, 5.41) is 9.32. The lowest BCUT2D eigenvalue weighted by molar-refractivity contribution is -0.124. The normalized spacial score (nSPS) is 13.7. The minimum Gasteiger partial charge on any atom is -0.407 e. The van der Waals surface area contributed by atoms with Crippen LogP contribution in [0.25, 0.3) is 0 Å². The first-order valence-electron chi connectivity index (χ1n) is 9.64. The third-order valence-electron chi connectivity index (χ3n) is 4.74. The molecule has 0 atom stereocenters. The predicted molar refractivity (Wildman–Crippen MR) is 122 cm³/mol. The molecular weight excluding hydrogens is 500 g/mol. The molecule has 1 aliphatic carbocycles. The fraction of sp³-hybridized carbons (Fsp3) is 0.190. The number of pyridine rings is 1. The number of halogens is 2. The molecule has 4 rings (SSSR count). The van der Waals surface area contributed by atoms with Crippen LogP contribution in [0.4, 0.5) is 16.2 Å². The standard InChI is InChI=1S/C21H18BrClN6O3/c22-17-7-13(23)1-4-18(17)28-15-3-2-14(26-9-15)8-27-19(30)21(5-6-21)29-20(31)32-16-10-24-12-25-11-16/h1-4,7,9-12,28H,5-6,8H2,(H,27,30)(H,29,31). The molecule has 1 aromatic carbocycles. The van der Waals surface area contributed by atoms with Gasteiger partial charge in [-0.3, -0.25) is 9.78 Å². The minimum absolute atomic E-state index is 0.199. The van der Waals surface area contributed by atoms with Gasteiger partial charge >= 0.3 is 6.09 Å². The lowest BCUT2D eigenvalue weighted by Crippen LogP contribution is -2.49. The van der Waals surface area contributed by atoms with Gasteiger partial charge < -0.3 is 20.7 Å². The zero-order chi connectivity index (χ0) is 22.6. The summed E-state index contributed by atoms with van der Waals surface area (Å²) in [5.74, 6) is -0.0856. The van der Waals surface area contributed by atoms with Crippen molar-refractivity contribution in [3.63, 3.8) is 0 Å². The number of amides is 2. The molecule has 1 fully saturated rings. The molecule has 2 aromatic heterocycles. The molecule has 164 valence electrons. The Labute approximate surface area is 197 Å². The van der Waals surface area contributed by atoms with Crippen molar-refractivity contribution in [3.8, 4) is 5.75 Å². The maximum absolute atomic E-state index is 12.6. The molecule has 0 spiro atoms. The Morgan fingerprint density at radius 1 is 1.12 bits per heavy atom. The van der Waals surface area contributed by atoms with Crippen LogP contribution in [-0.2, 0) is 11.3 Å². The summed E-state index contributed by atoms with van der Waals surface area (Å²) in [6.45, 7) is 0.231. The number of carbonyl (C=O) groups excluding carboxylic acids is 2. The quantitative estimate of drug-likeness (QED) is 0.434. The molecule has 1 aliphatic rings. The zero-order valence-electron chi connectivity index (χ0n) is 16.6. The lowest BCUT2D eigenvalue weighted by atomic mass is 10.2. The Morgan fingerprint density at radius 2 is 1.91 bits per heavy atom. The topological polar surface area (TPSA) is 118 Å². The summed E-state index contributed by atoms with van der Waals surface area (Å²) in [5.41, 5.74) is 1.36. The Hall–Kier alpha value is -3.24. The smallest absolute Gasteiger partial charge is 0.407 e. The largest absolute Gasteiger partial charge is 0.413 e. The molecule has 0 radical (unpaired) electrons. The molecule has 2 amide bonds. The molecule has 11 heteroatoms. The highest BCUT2D eigenvalue weighted by Gasteiger charge is 2.51. The number of aromatic nitrogens is 3. The van der Waals surface area contributed by atoms with Crippen LogP contribution >= 0.6 is 27.5 Å². The van der Waals surface area contributed by atoms with E-state index in [4.69, 9.17) is 16.3 Å². The van der Waals surface area contributed by atoms with Gasteiger partial charge in [-0.15, -0.1) is 0 Å². The second-order valence-corrected chi connectivity index (χ2v) is 8.43. The molecule has 3 aromatic rings. The minimum atomic E-state index is -0.963. The molecule has 9 nitrogen and oxygen atoms in total. The summed E-state index contributed by atoms with van der Waals surface area (Å²) in [4.78, 5) is 36.6. The van der Waals surface area contributed by atoms with Gasteiger partial charge in [0.2, 0.25) is 5.91 Å². The maximum Gasteiger partial charge on any atom is 0.413 e. The van der Waals surface area contributed by atoms with Gasteiger partial charge in [0.25, 0.3) is 0 Å². The monoisotopic (exact) mass is 516 g/mol. The predicted octanol–water partition coefficient (Wildman–Crippen LogP) is 3.97. The summed E-state index contributed by atoms with van der Waals surface area (Å²) in [6, 6.07) is 9.12. The number of carbonyl (C=O) groups is 2. The molecule has 0 aliphatic heterocycles. The van der Waals surface area contributed by atoms with Gasteiger partial charge in [-0.05, 0) is 59.1 Å². The Balaban J connectivity index is 1.28. The van der Waals surface area contributed by atoms with E-state index in [1.807, 2.05) is 18.2 Å². The molecule has 32 heavy (non-hydrogen) atoms. The number of anilines is 2. The molecular formula is C21H18BrClN6O3. The van der Waals surface area contributed by atoms with Crippen LogP contribution in [-0.4, -0.2) is 32.5 Å². The van der Waals surface area contributed by atoms with E-state index in [2.05, 4.69) is 46.8 Å². The summed E-state index contributed by atoms with van der Waals surface area (Å²) < 4.78 is 5.93. The highest BCUT2D eigenvalue weighted by molar-refractivity contribution is 9.10. The van der Waals surface area contributed by atoms with Crippen molar-refractivity contribution >= 4 is 50.9 Å². The summed E-state index contributed by atoms with van der Waals surface area (Å²) in [6.07, 6.45) is 6.07. The highest BCUT2D eigenvalue weighted by atomic mass is 79.9. The van der Waals surface area contributed by atoms with Gasteiger partial charge in [-0.2, -0.15) is 0 Å². The van der Waals surface area contributed by atoms with Crippen LogP contribution in [0.15, 0.2) is 59.7 Å². The molecule has 1 saturated carbocycles. The van der Waals surface area contributed by atoms with E-state index in [-0.39, 0.29) is 18.2 Å². The van der Waals surface area contributed by atoms with Gasteiger partial charge in [0, 0.05) is 9.50 Å². The van der Waals surface area contributed by atoms with Crippen molar-refractivity contribution in [2.45, 2.75) is 24.9 Å². The van der Waals surface area contributed by atoms with E-state index in [9.17, 15) is 9.59 Å². The van der Waals surface area contributed by atoms with Gasteiger partial charge in [-0.1, -0.05) is 11.6 Å². The lowest BCUT2D eigenvalue weighted by Gasteiger charge is -2.17. The second-order valence-electron chi connectivity index (χ2n) is 7.14. The molecule has 0 bridgehead atoms. The van der Waals surface area contributed by atoms with E-state index in [0.29, 0.717) is 23.6 Å². The summed E-state index contributed by atoms with van der Waals surface area (Å²) >= 11 is 9.42. The number of hydrogen-bond acceptors (Lipinski definition) is 7. The van der Waals surface area contributed by atoms with E-state index in [0.717, 1.165) is 15.8 Å². The average molecular weight is 518 g/mol. The first kappa shape index (κ1) is 22.0. The van der Waals surface area contributed by atoms with Gasteiger partial charge in [0.05, 0.1) is 42.2 Å². The number of ether oxygens (including phenoxy) is 1. The Morgan fingerprint density at radius 3 is 2.56 bits per heavy atom. The number of hydrogen-bond donors (Lipinski definition) is 3. The van der Waals surface area contributed by atoms with Crippen LogP contribution in [0.1, 0.15) is 18.5 Å². The average Bonchev–Trinajstić information content (AvgIpc) is 3.56. The Bertz CT molecular complexity index is 1130. The molecule has 0 saturated heterocycles. The third-order valence-corrected chi connectivity index (χ3v) is 5.63. The third kappa shape index (κ3) is 5.51. The van der Waals surface area contributed by atoms with Crippen LogP contribution in [0.2, 0.25) is 5.02 Å². The van der Waals surface area contributed by atoms with Crippen LogP contribution < -0.4 is 20.7 Å². The first-order valence-corrected chi connectivity index (χ1v) is 10.8. The fourth-order valence-electron chi connectivity index (χ4n) is 2.89. The SMILES string of the molecule is O=C(NC1(C(=O)NCc2ccc(Nc3ccc(Cl)cc3Br)cn2)CC1)Oc1cncnc1. The van der Waals surface area contributed by atoms with E-state index in [1.54, 1.807) is 18.3 Å².